The molecule has 1 unspecified atom stereocenters. The number of anilines is 2. The molecule has 0 aromatic heterocycles. The molecular weight excluding hydrogens is 437 g/mol. The van der Waals surface area contributed by atoms with Crippen molar-refractivity contribution in [1.82, 2.24) is 4.31 Å². The largest absolute Gasteiger partial charge is 0.449 e. The summed E-state index contributed by atoms with van der Waals surface area (Å²) in [6.07, 6.45) is 0.670. The van der Waals surface area contributed by atoms with Crippen LogP contribution in [0.4, 0.5) is 15.8 Å². The highest BCUT2D eigenvalue weighted by molar-refractivity contribution is 7.89. The van der Waals surface area contributed by atoms with Crippen LogP contribution in [-0.2, 0) is 19.6 Å². The summed E-state index contributed by atoms with van der Waals surface area (Å²) in [5.74, 6) is -2.15. The van der Waals surface area contributed by atoms with Crippen molar-refractivity contribution in [1.29, 1.82) is 0 Å². The van der Waals surface area contributed by atoms with Crippen LogP contribution < -0.4 is 10.2 Å². The molecule has 10 heteroatoms. The third-order valence-corrected chi connectivity index (χ3v) is 7.01. The van der Waals surface area contributed by atoms with Crippen LogP contribution in [0.25, 0.3) is 0 Å². The molecular formula is C22H26FN3O5S. The van der Waals surface area contributed by atoms with E-state index in [1.807, 2.05) is 4.90 Å². The van der Waals surface area contributed by atoms with E-state index in [-0.39, 0.29) is 16.1 Å². The number of hydrogen-bond acceptors (Lipinski definition) is 6. The molecule has 1 amide bonds. The van der Waals surface area contributed by atoms with E-state index in [9.17, 15) is 22.4 Å². The first kappa shape index (κ1) is 23.7. The lowest BCUT2D eigenvalue weighted by atomic mass is 10.1. The molecule has 0 saturated carbocycles. The van der Waals surface area contributed by atoms with Gasteiger partial charge in [-0.05, 0) is 50.1 Å². The summed E-state index contributed by atoms with van der Waals surface area (Å²) in [5, 5.41) is 2.38. The fraction of sp³-hybridized carbons (Fsp3) is 0.364. The van der Waals surface area contributed by atoms with Crippen LogP contribution in [0.3, 0.4) is 0 Å². The Kier molecular flexibility index (Phi) is 7.15. The fourth-order valence-electron chi connectivity index (χ4n) is 3.36. The zero-order chi connectivity index (χ0) is 23.5. The molecule has 8 nitrogen and oxygen atoms in total. The molecule has 32 heavy (non-hydrogen) atoms. The Morgan fingerprint density at radius 2 is 1.78 bits per heavy atom. The molecule has 1 heterocycles. The maximum atomic E-state index is 13.8. The van der Waals surface area contributed by atoms with Crippen LogP contribution in [0.1, 0.15) is 30.1 Å². The molecule has 1 fully saturated rings. The second-order valence-electron chi connectivity index (χ2n) is 7.68. The van der Waals surface area contributed by atoms with Crippen molar-refractivity contribution in [2.75, 3.05) is 37.4 Å². The average Bonchev–Trinajstić information content (AvgIpc) is 3.29. The van der Waals surface area contributed by atoms with Gasteiger partial charge < -0.3 is 15.0 Å². The van der Waals surface area contributed by atoms with E-state index in [1.165, 1.54) is 51.4 Å². The maximum absolute atomic E-state index is 13.8. The zero-order valence-corrected chi connectivity index (χ0v) is 19.0. The first-order chi connectivity index (χ1) is 15.1. The van der Waals surface area contributed by atoms with Crippen LogP contribution in [0, 0.1) is 5.82 Å². The quantitative estimate of drug-likeness (QED) is 0.635. The predicted molar refractivity (Wildman–Crippen MR) is 119 cm³/mol. The standard InChI is InChI=1S/C22H26FN3O5S/c1-15(21(27)24-19-9-5-4-8-18(19)23)31-22(28)17-14-16(32(29,30)25(2)3)10-11-20(17)26-12-6-7-13-26/h4-5,8-11,14-15H,6-7,12-13H2,1-3H3,(H,24,27). The van der Waals surface area contributed by atoms with Crippen LogP contribution in [0.2, 0.25) is 0 Å². The molecule has 172 valence electrons. The number of sulfonamides is 1. The smallest absolute Gasteiger partial charge is 0.341 e. The highest BCUT2D eigenvalue weighted by Gasteiger charge is 2.27. The number of benzene rings is 2. The van der Waals surface area contributed by atoms with Crippen LogP contribution >= 0.6 is 0 Å². The van der Waals surface area contributed by atoms with Gasteiger partial charge in [0, 0.05) is 27.2 Å². The molecule has 1 saturated heterocycles. The van der Waals surface area contributed by atoms with Gasteiger partial charge in [-0.2, -0.15) is 0 Å². The van der Waals surface area contributed by atoms with Crippen molar-refractivity contribution in [3.8, 4) is 0 Å². The number of carbonyl (C=O) groups is 2. The number of hydrogen-bond donors (Lipinski definition) is 1. The molecule has 2 aromatic rings. The average molecular weight is 464 g/mol. The topological polar surface area (TPSA) is 96.0 Å². The van der Waals surface area contributed by atoms with E-state index in [2.05, 4.69) is 5.32 Å². The van der Waals surface area contributed by atoms with Crippen LogP contribution in [0.15, 0.2) is 47.4 Å². The molecule has 0 aliphatic carbocycles. The number of ether oxygens (including phenoxy) is 1. The number of para-hydroxylation sites is 1. The number of amides is 1. The molecule has 2 aromatic carbocycles. The van der Waals surface area contributed by atoms with Gasteiger partial charge in [-0.25, -0.2) is 21.9 Å². The molecule has 1 N–H and O–H groups in total. The molecule has 1 atom stereocenters. The van der Waals surface area contributed by atoms with Gasteiger partial charge in [-0.3, -0.25) is 4.79 Å². The summed E-state index contributed by atoms with van der Waals surface area (Å²) >= 11 is 0. The minimum absolute atomic E-state index is 0.0303. The predicted octanol–water partition coefficient (Wildman–Crippen LogP) is 2.86. The Morgan fingerprint density at radius 3 is 2.41 bits per heavy atom. The van der Waals surface area contributed by atoms with E-state index in [1.54, 1.807) is 12.1 Å². The summed E-state index contributed by atoms with van der Waals surface area (Å²) in [5.41, 5.74) is 0.574. The number of nitrogens with zero attached hydrogens (tertiary/aromatic N) is 2. The van der Waals surface area contributed by atoms with Gasteiger partial charge in [0.15, 0.2) is 6.10 Å². The first-order valence-electron chi connectivity index (χ1n) is 10.2. The normalized spacial score (nSPS) is 15.0. The van der Waals surface area contributed by atoms with E-state index in [0.717, 1.165) is 30.2 Å². The lowest BCUT2D eigenvalue weighted by Gasteiger charge is -2.23. The molecule has 0 radical (unpaired) electrons. The van der Waals surface area contributed by atoms with Crippen molar-refractivity contribution in [2.45, 2.75) is 30.8 Å². The Labute approximate surface area is 187 Å². The highest BCUT2D eigenvalue weighted by Crippen LogP contribution is 2.29. The van der Waals surface area contributed by atoms with Crippen molar-refractivity contribution in [3.63, 3.8) is 0 Å². The summed E-state index contributed by atoms with van der Waals surface area (Å²) in [6.45, 7) is 2.82. The van der Waals surface area contributed by atoms with Gasteiger partial charge in [0.05, 0.1) is 21.8 Å². The lowest BCUT2D eigenvalue weighted by molar-refractivity contribution is -0.123. The zero-order valence-electron chi connectivity index (χ0n) is 18.2. The third-order valence-electron chi connectivity index (χ3n) is 5.20. The maximum Gasteiger partial charge on any atom is 0.341 e. The number of halogens is 1. The van der Waals surface area contributed by atoms with E-state index in [0.29, 0.717) is 5.69 Å². The van der Waals surface area contributed by atoms with Crippen molar-refractivity contribution in [2.24, 2.45) is 0 Å². The van der Waals surface area contributed by atoms with Crippen molar-refractivity contribution >= 4 is 33.3 Å². The summed E-state index contributed by atoms with van der Waals surface area (Å²) in [6, 6.07) is 9.95. The molecule has 3 rings (SSSR count). The fourth-order valence-corrected chi connectivity index (χ4v) is 4.29. The Bertz CT molecular complexity index is 1110. The minimum Gasteiger partial charge on any atom is -0.449 e. The van der Waals surface area contributed by atoms with Crippen molar-refractivity contribution < 1.29 is 27.1 Å². The number of carbonyl (C=O) groups excluding carboxylic acids is 2. The summed E-state index contributed by atoms with van der Waals surface area (Å²) < 4.78 is 45.3. The number of nitrogens with one attached hydrogen (secondary N) is 1. The Hall–Kier alpha value is -2.98. The Balaban J connectivity index is 1.86. The lowest BCUT2D eigenvalue weighted by Crippen LogP contribution is -2.31. The monoisotopic (exact) mass is 463 g/mol. The summed E-state index contributed by atoms with van der Waals surface area (Å²) in [7, 11) is -0.978. The Morgan fingerprint density at radius 1 is 1.12 bits per heavy atom. The molecule has 0 bridgehead atoms. The number of rotatable bonds is 7. The highest BCUT2D eigenvalue weighted by atomic mass is 32.2. The van der Waals surface area contributed by atoms with Crippen LogP contribution in [-0.4, -0.2) is 57.9 Å². The number of esters is 1. The minimum atomic E-state index is -3.78. The second-order valence-corrected chi connectivity index (χ2v) is 9.83. The first-order valence-corrected chi connectivity index (χ1v) is 11.6. The van der Waals surface area contributed by atoms with Gasteiger partial charge in [-0.15, -0.1) is 0 Å². The van der Waals surface area contributed by atoms with Gasteiger partial charge in [0.25, 0.3) is 5.91 Å². The van der Waals surface area contributed by atoms with Gasteiger partial charge in [0.2, 0.25) is 10.0 Å². The van der Waals surface area contributed by atoms with E-state index in [4.69, 9.17) is 4.74 Å². The molecule has 1 aliphatic rings. The van der Waals surface area contributed by atoms with E-state index < -0.39 is 33.8 Å². The van der Waals surface area contributed by atoms with Crippen LogP contribution in [0.5, 0.6) is 0 Å². The van der Waals surface area contributed by atoms with Crippen molar-refractivity contribution in [3.05, 3.63) is 53.8 Å². The van der Waals surface area contributed by atoms with E-state index >= 15 is 0 Å². The summed E-state index contributed by atoms with van der Waals surface area (Å²) in [4.78, 5) is 27.3. The SMILES string of the molecule is CC(OC(=O)c1cc(S(=O)(=O)N(C)C)ccc1N1CCCC1)C(=O)Nc1ccccc1F. The second kappa shape index (κ2) is 9.66. The van der Waals surface area contributed by atoms with Gasteiger partial charge in [-0.1, -0.05) is 12.1 Å². The third kappa shape index (κ3) is 5.08. The van der Waals surface area contributed by atoms with Gasteiger partial charge in [0.1, 0.15) is 5.82 Å². The molecule has 0 spiro atoms. The molecule has 1 aliphatic heterocycles. The van der Waals surface area contributed by atoms with Gasteiger partial charge >= 0.3 is 5.97 Å².